The second kappa shape index (κ2) is 4.53. The second-order valence-electron chi connectivity index (χ2n) is 7.93. The van der Waals surface area contributed by atoms with Crippen LogP contribution in [0, 0.1) is 22.7 Å². The highest BCUT2D eigenvalue weighted by Crippen LogP contribution is 2.66. The maximum atomic E-state index is 13.3. The zero-order valence-corrected chi connectivity index (χ0v) is 13.9. The zero-order valence-electron chi connectivity index (χ0n) is 13.9. The van der Waals surface area contributed by atoms with Gasteiger partial charge in [-0.15, -0.1) is 0 Å². The molecule has 4 rings (SSSR count). The quantitative estimate of drug-likeness (QED) is 0.597. The third-order valence-electron chi connectivity index (χ3n) is 6.87. The summed E-state index contributed by atoms with van der Waals surface area (Å²) in [6, 6.07) is 13.7. The highest BCUT2D eigenvalue weighted by atomic mass is 16.2. The van der Waals surface area contributed by atoms with E-state index in [1.54, 1.807) is 0 Å². The molecule has 2 nitrogen and oxygen atoms in total. The molecule has 118 valence electrons. The Kier molecular flexibility index (Phi) is 2.88. The molecule has 0 saturated heterocycles. The molecular formula is C21H22O2. The minimum absolute atomic E-state index is 0.0216. The Balaban J connectivity index is 1.83. The molecule has 0 heterocycles. The molecule has 2 fully saturated rings. The maximum absolute atomic E-state index is 13.3. The molecule has 0 radical (unpaired) electrons. The number of rotatable bonds is 2. The van der Waals surface area contributed by atoms with Crippen molar-refractivity contribution in [3.63, 3.8) is 0 Å². The van der Waals surface area contributed by atoms with Gasteiger partial charge in [0, 0.05) is 11.0 Å². The number of carbonyl (C=O) groups is 2. The van der Waals surface area contributed by atoms with E-state index in [1.807, 2.05) is 42.5 Å². The predicted molar refractivity (Wildman–Crippen MR) is 91.4 cm³/mol. The summed E-state index contributed by atoms with van der Waals surface area (Å²) in [5.41, 5.74) is 0.269. The van der Waals surface area contributed by atoms with Gasteiger partial charge in [-0.1, -0.05) is 63.2 Å². The van der Waals surface area contributed by atoms with Gasteiger partial charge in [0.1, 0.15) is 5.78 Å². The lowest BCUT2D eigenvalue weighted by atomic mass is 9.70. The van der Waals surface area contributed by atoms with E-state index in [2.05, 4.69) is 20.8 Å². The Hall–Kier alpha value is -1.96. The number of carbonyl (C=O) groups excluding carboxylic acids is 2. The number of benzene rings is 2. The van der Waals surface area contributed by atoms with Crippen LogP contribution >= 0.6 is 0 Å². The molecule has 3 atom stereocenters. The van der Waals surface area contributed by atoms with Gasteiger partial charge in [0.15, 0.2) is 5.78 Å². The summed E-state index contributed by atoms with van der Waals surface area (Å²) < 4.78 is 0. The van der Waals surface area contributed by atoms with E-state index in [0.717, 1.165) is 23.6 Å². The molecule has 23 heavy (non-hydrogen) atoms. The Morgan fingerprint density at radius 3 is 2.43 bits per heavy atom. The number of ketones is 2. The fraction of sp³-hybridized carbons (Fsp3) is 0.429. The van der Waals surface area contributed by atoms with Crippen LogP contribution in [0.2, 0.25) is 0 Å². The number of fused-ring (bicyclic) bond motifs is 3. The molecule has 2 bridgehead atoms. The van der Waals surface area contributed by atoms with Crippen molar-refractivity contribution in [3.05, 3.63) is 48.0 Å². The van der Waals surface area contributed by atoms with Crippen LogP contribution in [0.5, 0.6) is 0 Å². The molecule has 0 aromatic heterocycles. The molecule has 2 aliphatic carbocycles. The molecule has 2 aliphatic rings. The van der Waals surface area contributed by atoms with Crippen LogP contribution in [0.4, 0.5) is 0 Å². The van der Waals surface area contributed by atoms with E-state index in [4.69, 9.17) is 0 Å². The number of Topliss-reactive ketones (excluding diaryl/α,β-unsaturated/α-hetero) is 2. The van der Waals surface area contributed by atoms with Crippen molar-refractivity contribution < 1.29 is 9.59 Å². The maximum Gasteiger partial charge on any atom is 0.174 e. The zero-order chi connectivity index (χ0) is 16.4. The van der Waals surface area contributed by atoms with Crippen molar-refractivity contribution in [2.75, 3.05) is 0 Å². The normalized spacial score (nSPS) is 31.7. The second-order valence-corrected chi connectivity index (χ2v) is 7.93. The minimum Gasteiger partial charge on any atom is -0.298 e. The Morgan fingerprint density at radius 1 is 1.04 bits per heavy atom. The lowest BCUT2D eigenvalue weighted by Gasteiger charge is -2.32. The number of hydrogen-bond donors (Lipinski definition) is 0. The first-order valence-electron chi connectivity index (χ1n) is 8.44. The lowest BCUT2D eigenvalue weighted by molar-refractivity contribution is -0.130. The van der Waals surface area contributed by atoms with Crippen LogP contribution in [-0.4, -0.2) is 11.6 Å². The first-order valence-corrected chi connectivity index (χ1v) is 8.44. The molecular weight excluding hydrogens is 284 g/mol. The smallest absolute Gasteiger partial charge is 0.174 e. The highest BCUT2D eigenvalue weighted by molar-refractivity contribution is 6.19. The standard InChI is InChI=1S/C21H22O2/c1-20(2)16-11-12-21(20,3)19(23)17(16)18(22)15-10-6-8-13-7-4-5-9-14(13)15/h4-10,16-17H,11-12H2,1-3H3/t16-,17?,21-/m0/s1. The molecule has 2 saturated carbocycles. The van der Waals surface area contributed by atoms with Crippen LogP contribution in [0.25, 0.3) is 10.8 Å². The highest BCUT2D eigenvalue weighted by Gasteiger charge is 2.67. The van der Waals surface area contributed by atoms with Crippen molar-refractivity contribution in [1.82, 2.24) is 0 Å². The Labute approximate surface area is 136 Å². The summed E-state index contributed by atoms with van der Waals surface area (Å²) in [5, 5.41) is 2.01. The van der Waals surface area contributed by atoms with Crippen LogP contribution in [0.1, 0.15) is 44.0 Å². The van der Waals surface area contributed by atoms with Gasteiger partial charge in [0.2, 0.25) is 0 Å². The summed E-state index contributed by atoms with van der Waals surface area (Å²) in [6.45, 7) is 6.39. The van der Waals surface area contributed by atoms with Crippen molar-refractivity contribution >= 4 is 22.3 Å². The third-order valence-corrected chi connectivity index (χ3v) is 6.87. The largest absolute Gasteiger partial charge is 0.298 e. The van der Waals surface area contributed by atoms with E-state index >= 15 is 0 Å². The van der Waals surface area contributed by atoms with Crippen molar-refractivity contribution in [1.29, 1.82) is 0 Å². The molecule has 0 N–H and O–H groups in total. The van der Waals surface area contributed by atoms with Gasteiger partial charge in [-0.25, -0.2) is 0 Å². The van der Waals surface area contributed by atoms with E-state index in [0.29, 0.717) is 5.56 Å². The van der Waals surface area contributed by atoms with Gasteiger partial charge in [-0.3, -0.25) is 9.59 Å². The third kappa shape index (κ3) is 1.69. The minimum atomic E-state index is -0.463. The fourth-order valence-electron chi connectivity index (χ4n) is 5.00. The molecule has 2 aromatic carbocycles. The molecule has 0 amide bonds. The van der Waals surface area contributed by atoms with Crippen molar-refractivity contribution in [2.45, 2.75) is 33.6 Å². The van der Waals surface area contributed by atoms with E-state index in [-0.39, 0.29) is 28.3 Å². The van der Waals surface area contributed by atoms with Gasteiger partial charge in [0.25, 0.3) is 0 Å². The summed E-state index contributed by atoms with van der Waals surface area (Å²) >= 11 is 0. The van der Waals surface area contributed by atoms with Gasteiger partial charge in [0.05, 0.1) is 5.92 Å². The van der Waals surface area contributed by atoms with Crippen molar-refractivity contribution in [3.8, 4) is 0 Å². The van der Waals surface area contributed by atoms with Gasteiger partial charge in [-0.2, -0.15) is 0 Å². The van der Waals surface area contributed by atoms with Crippen LogP contribution < -0.4 is 0 Å². The average molecular weight is 306 g/mol. The topological polar surface area (TPSA) is 34.1 Å². The van der Waals surface area contributed by atoms with Crippen LogP contribution in [0.3, 0.4) is 0 Å². The SMILES string of the molecule is CC1(C)[C@H]2CC[C@@]1(C)C(=O)C2C(=O)c1cccc2ccccc12. The van der Waals surface area contributed by atoms with Crippen LogP contribution in [0.15, 0.2) is 42.5 Å². The molecule has 0 aliphatic heterocycles. The fourth-order valence-corrected chi connectivity index (χ4v) is 5.00. The average Bonchev–Trinajstić information content (AvgIpc) is 2.86. The molecule has 2 heteroatoms. The lowest BCUT2D eigenvalue weighted by Crippen LogP contribution is -2.35. The van der Waals surface area contributed by atoms with Gasteiger partial charge >= 0.3 is 0 Å². The van der Waals surface area contributed by atoms with Gasteiger partial charge < -0.3 is 0 Å². The summed E-state index contributed by atoms with van der Waals surface area (Å²) in [5.74, 6) is -0.106. The Bertz CT molecular complexity index is 827. The van der Waals surface area contributed by atoms with Crippen LogP contribution in [-0.2, 0) is 4.79 Å². The summed E-state index contributed by atoms with van der Waals surface area (Å²) in [6.07, 6.45) is 1.90. The van der Waals surface area contributed by atoms with E-state index in [9.17, 15) is 9.59 Å². The molecule has 1 unspecified atom stereocenters. The summed E-state index contributed by atoms with van der Waals surface area (Å²) in [7, 11) is 0. The molecule has 2 aromatic rings. The number of hydrogen-bond acceptors (Lipinski definition) is 2. The molecule has 0 spiro atoms. The monoisotopic (exact) mass is 306 g/mol. The summed E-state index contributed by atoms with van der Waals surface area (Å²) in [4.78, 5) is 26.3. The van der Waals surface area contributed by atoms with Crippen molar-refractivity contribution in [2.24, 2.45) is 22.7 Å². The van der Waals surface area contributed by atoms with E-state index in [1.165, 1.54) is 0 Å². The van der Waals surface area contributed by atoms with E-state index < -0.39 is 5.92 Å². The first-order chi connectivity index (χ1) is 10.9. The van der Waals surface area contributed by atoms with Gasteiger partial charge in [-0.05, 0) is 34.9 Å². The predicted octanol–water partition coefficient (Wildman–Crippen LogP) is 4.66. The Morgan fingerprint density at radius 2 is 1.74 bits per heavy atom. The first kappa shape index (κ1) is 14.6.